The van der Waals surface area contributed by atoms with E-state index < -0.39 is 0 Å². The molecular formula is C26H21NO. The van der Waals surface area contributed by atoms with Crippen molar-refractivity contribution >= 4 is 10.9 Å². The second kappa shape index (κ2) is 6.90. The molecule has 0 N–H and O–H groups in total. The zero-order chi connectivity index (χ0) is 18.9. The maximum atomic E-state index is 6.20. The molecule has 2 nitrogen and oxygen atoms in total. The number of rotatable bonds is 4. The van der Waals surface area contributed by atoms with Gasteiger partial charge < -0.3 is 8.98 Å². The summed E-state index contributed by atoms with van der Waals surface area (Å²) in [5, 5.41) is 1.28. The highest BCUT2D eigenvalue weighted by molar-refractivity contribution is 5.98. The van der Waals surface area contributed by atoms with Gasteiger partial charge in [0.15, 0.2) is 0 Å². The molecule has 2 heteroatoms. The van der Waals surface area contributed by atoms with Crippen LogP contribution in [-0.4, -0.2) is 4.57 Å². The van der Waals surface area contributed by atoms with Gasteiger partial charge >= 0.3 is 0 Å². The second-order valence-corrected chi connectivity index (χ2v) is 7.07. The molecule has 2 aromatic heterocycles. The van der Waals surface area contributed by atoms with Crippen LogP contribution < -0.4 is 0 Å². The quantitative estimate of drug-likeness (QED) is 0.347. The monoisotopic (exact) mass is 363 g/mol. The van der Waals surface area contributed by atoms with Gasteiger partial charge in [-0.25, -0.2) is 0 Å². The molecule has 0 unspecified atom stereocenters. The molecule has 3 aromatic carbocycles. The lowest BCUT2D eigenvalue weighted by atomic mass is 10.00. The summed E-state index contributed by atoms with van der Waals surface area (Å²) in [5.74, 6) is 1.89. The summed E-state index contributed by atoms with van der Waals surface area (Å²) in [6.07, 6.45) is 0.752. The van der Waals surface area contributed by atoms with Crippen molar-refractivity contribution in [3.63, 3.8) is 0 Å². The van der Waals surface area contributed by atoms with Crippen LogP contribution >= 0.6 is 0 Å². The van der Waals surface area contributed by atoms with E-state index in [-0.39, 0.29) is 0 Å². The van der Waals surface area contributed by atoms with E-state index in [0.717, 1.165) is 23.5 Å². The normalized spacial score (nSPS) is 11.2. The van der Waals surface area contributed by atoms with Gasteiger partial charge in [0.1, 0.15) is 11.5 Å². The standard InChI is InChI=1S/C26H21NO/c1-27-23-15-9-8-14-22(23)26(20-12-6-3-7-13-20)24(27)18-21-16-17-25(28-21)19-10-4-2-5-11-19/h2-17H,18H2,1H3. The highest BCUT2D eigenvalue weighted by Crippen LogP contribution is 2.36. The Balaban J connectivity index is 1.62. The van der Waals surface area contributed by atoms with E-state index in [1.54, 1.807) is 0 Å². The van der Waals surface area contributed by atoms with Gasteiger partial charge in [-0.1, -0.05) is 78.9 Å². The van der Waals surface area contributed by atoms with Gasteiger partial charge in [0, 0.05) is 41.2 Å². The van der Waals surface area contributed by atoms with Crippen LogP contribution in [-0.2, 0) is 13.5 Å². The SMILES string of the molecule is Cn1c(Cc2ccc(-c3ccccc3)o2)c(-c2ccccc2)c2ccccc21. The van der Waals surface area contributed by atoms with E-state index in [4.69, 9.17) is 4.42 Å². The number of aromatic nitrogens is 1. The number of furan rings is 1. The smallest absolute Gasteiger partial charge is 0.134 e. The Bertz CT molecular complexity index is 1230. The number of nitrogens with zero attached hydrogens (tertiary/aromatic N) is 1. The van der Waals surface area contributed by atoms with Gasteiger partial charge in [-0.2, -0.15) is 0 Å². The lowest BCUT2D eigenvalue weighted by molar-refractivity contribution is 0.530. The van der Waals surface area contributed by atoms with Gasteiger partial charge in [-0.3, -0.25) is 0 Å². The van der Waals surface area contributed by atoms with E-state index in [9.17, 15) is 0 Å². The Morgan fingerprint density at radius 1 is 0.679 bits per heavy atom. The molecule has 0 aliphatic carbocycles. The zero-order valence-corrected chi connectivity index (χ0v) is 15.8. The van der Waals surface area contributed by atoms with Crippen LogP contribution in [0.2, 0.25) is 0 Å². The van der Waals surface area contributed by atoms with E-state index >= 15 is 0 Å². The van der Waals surface area contributed by atoms with Gasteiger partial charge in [-0.05, 0) is 23.8 Å². The van der Waals surface area contributed by atoms with Crippen molar-refractivity contribution in [1.82, 2.24) is 4.57 Å². The largest absolute Gasteiger partial charge is 0.461 e. The molecule has 2 heterocycles. The van der Waals surface area contributed by atoms with Gasteiger partial charge in [0.2, 0.25) is 0 Å². The fourth-order valence-corrected chi connectivity index (χ4v) is 3.98. The lowest BCUT2D eigenvalue weighted by Gasteiger charge is -2.07. The molecule has 5 rings (SSSR count). The maximum Gasteiger partial charge on any atom is 0.134 e. The maximum absolute atomic E-state index is 6.20. The topological polar surface area (TPSA) is 18.1 Å². The van der Waals surface area contributed by atoms with Gasteiger partial charge in [0.05, 0.1) is 0 Å². The van der Waals surface area contributed by atoms with Crippen molar-refractivity contribution in [3.8, 4) is 22.5 Å². The summed E-state index contributed by atoms with van der Waals surface area (Å²) >= 11 is 0. The number of fused-ring (bicyclic) bond motifs is 1. The molecule has 0 spiro atoms. The third kappa shape index (κ3) is 2.84. The predicted octanol–water partition coefficient (Wildman–Crippen LogP) is 6.70. The summed E-state index contributed by atoms with van der Waals surface area (Å²) in [4.78, 5) is 0. The fraction of sp³-hybridized carbons (Fsp3) is 0.0769. The van der Waals surface area contributed by atoms with Crippen molar-refractivity contribution in [2.24, 2.45) is 7.05 Å². The van der Waals surface area contributed by atoms with Crippen LogP contribution in [0.5, 0.6) is 0 Å². The number of hydrogen-bond donors (Lipinski definition) is 0. The van der Waals surface area contributed by atoms with E-state index in [1.165, 1.54) is 27.7 Å². The van der Waals surface area contributed by atoms with Crippen molar-refractivity contribution in [2.45, 2.75) is 6.42 Å². The average molecular weight is 363 g/mol. The minimum absolute atomic E-state index is 0.752. The first kappa shape index (κ1) is 16.6. The molecule has 136 valence electrons. The lowest BCUT2D eigenvalue weighted by Crippen LogP contribution is -1.98. The van der Waals surface area contributed by atoms with Crippen molar-refractivity contribution in [3.05, 3.63) is 109 Å². The highest BCUT2D eigenvalue weighted by Gasteiger charge is 2.18. The fourth-order valence-electron chi connectivity index (χ4n) is 3.98. The van der Waals surface area contributed by atoms with Crippen molar-refractivity contribution in [2.75, 3.05) is 0 Å². The molecule has 0 saturated carbocycles. The van der Waals surface area contributed by atoms with Gasteiger partial charge in [0.25, 0.3) is 0 Å². The second-order valence-electron chi connectivity index (χ2n) is 7.07. The molecule has 0 saturated heterocycles. The number of benzene rings is 3. The number of aryl methyl sites for hydroxylation is 1. The Kier molecular flexibility index (Phi) is 4.10. The Labute approximate surface area is 164 Å². The van der Waals surface area contributed by atoms with E-state index in [0.29, 0.717) is 0 Å². The first-order valence-corrected chi connectivity index (χ1v) is 9.57. The van der Waals surface area contributed by atoms with E-state index in [2.05, 4.69) is 90.5 Å². The average Bonchev–Trinajstić information content (AvgIpc) is 3.33. The molecular weight excluding hydrogens is 342 g/mol. The first-order chi connectivity index (χ1) is 13.8. The van der Waals surface area contributed by atoms with Crippen molar-refractivity contribution < 1.29 is 4.42 Å². The molecule has 5 aromatic rings. The Hall–Kier alpha value is -3.52. The summed E-state index contributed by atoms with van der Waals surface area (Å²) in [5.41, 5.74) is 6.14. The molecule has 28 heavy (non-hydrogen) atoms. The minimum Gasteiger partial charge on any atom is -0.461 e. The van der Waals surface area contributed by atoms with Gasteiger partial charge in [-0.15, -0.1) is 0 Å². The molecule has 0 aliphatic rings. The minimum atomic E-state index is 0.752. The zero-order valence-electron chi connectivity index (χ0n) is 15.8. The number of para-hydroxylation sites is 1. The molecule has 0 radical (unpaired) electrons. The summed E-state index contributed by atoms with van der Waals surface area (Å²) < 4.78 is 8.50. The van der Waals surface area contributed by atoms with Crippen molar-refractivity contribution in [1.29, 1.82) is 0 Å². The summed E-state index contributed by atoms with van der Waals surface area (Å²) in [6.45, 7) is 0. The van der Waals surface area contributed by atoms with Crippen LogP contribution in [0.25, 0.3) is 33.4 Å². The molecule has 0 amide bonds. The van der Waals surface area contributed by atoms with Crippen LogP contribution in [0, 0.1) is 0 Å². The van der Waals surface area contributed by atoms with E-state index in [1.807, 2.05) is 18.2 Å². The Morgan fingerprint density at radius 2 is 1.32 bits per heavy atom. The third-order valence-corrected chi connectivity index (χ3v) is 5.35. The molecule has 0 atom stereocenters. The van der Waals surface area contributed by atoms with Crippen LogP contribution in [0.1, 0.15) is 11.5 Å². The molecule has 0 fully saturated rings. The third-order valence-electron chi connectivity index (χ3n) is 5.35. The molecule has 0 aliphatic heterocycles. The highest BCUT2D eigenvalue weighted by atomic mass is 16.3. The van der Waals surface area contributed by atoms with Crippen LogP contribution in [0.15, 0.2) is 101 Å². The number of hydrogen-bond acceptors (Lipinski definition) is 1. The predicted molar refractivity (Wildman–Crippen MR) is 115 cm³/mol. The molecule has 0 bridgehead atoms. The van der Waals surface area contributed by atoms with Crippen LogP contribution in [0.4, 0.5) is 0 Å². The van der Waals surface area contributed by atoms with Crippen LogP contribution in [0.3, 0.4) is 0 Å². The summed E-state index contributed by atoms with van der Waals surface area (Å²) in [6, 6.07) is 33.6. The Morgan fingerprint density at radius 3 is 2.07 bits per heavy atom. The first-order valence-electron chi connectivity index (χ1n) is 9.57. The summed E-state index contributed by atoms with van der Waals surface area (Å²) in [7, 11) is 2.14.